The molecule has 1 fully saturated rings. The number of benzene rings is 1. The van der Waals surface area contributed by atoms with Crippen LogP contribution in [0.25, 0.3) is 0 Å². The SMILES string of the molecule is NCCc1cccc(OC2CCC2)c1. The van der Waals surface area contributed by atoms with Crippen LogP contribution in [0.4, 0.5) is 0 Å². The molecule has 14 heavy (non-hydrogen) atoms. The van der Waals surface area contributed by atoms with Crippen LogP contribution in [-0.2, 0) is 6.42 Å². The summed E-state index contributed by atoms with van der Waals surface area (Å²) in [6.45, 7) is 0.701. The van der Waals surface area contributed by atoms with E-state index < -0.39 is 0 Å². The number of nitrogens with two attached hydrogens (primary N) is 1. The van der Waals surface area contributed by atoms with Crippen molar-refractivity contribution in [3.8, 4) is 5.75 Å². The second-order valence-electron chi connectivity index (χ2n) is 3.86. The van der Waals surface area contributed by atoms with Gasteiger partial charge < -0.3 is 10.5 Å². The van der Waals surface area contributed by atoms with Gasteiger partial charge in [0.2, 0.25) is 0 Å². The molecule has 0 amide bonds. The molecule has 0 radical (unpaired) electrons. The highest BCUT2D eigenvalue weighted by Crippen LogP contribution is 2.25. The van der Waals surface area contributed by atoms with Gasteiger partial charge in [-0.1, -0.05) is 12.1 Å². The molecule has 76 valence electrons. The van der Waals surface area contributed by atoms with Crippen molar-refractivity contribution in [2.45, 2.75) is 31.8 Å². The first-order valence-electron chi connectivity index (χ1n) is 5.34. The zero-order chi connectivity index (χ0) is 9.80. The van der Waals surface area contributed by atoms with Gasteiger partial charge in [-0.2, -0.15) is 0 Å². The van der Waals surface area contributed by atoms with E-state index in [-0.39, 0.29) is 0 Å². The number of hydrogen-bond donors (Lipinski definition) is 1. The van der Waals surface area contributed by atoms with E-state index in [9.17, 15) is 0 Å². The number of ether oxygens (including phenoxy) is 1. The van der Waals surface area contributed by atoms with E-state index in [2.05, 4.69) is 12.1 Å². The largest absolute Gasteiger partial charge is 0.490 e. The fourth-order valence-corrected chi connectivity index (χ4v) is 1.62. The zero-order valence-corrected chi connectivity index (χ0v) is 8.41. The molecule has 0 spiro atoms. The lowest BCUT2D eigenvalue weighted by molar-refractivity contribution is 0.120. The van der Waals surface area contributed by atoms with Gasteiger partial charge in [0.15, 0.2) is 0 Å². The third kappa shape index (κ3) is 2.26. The van der Waals surface area contributed by atoms with Crippen molar-refractivity contribution in [3.63, 3.8) is 0 Å². The van der Waals surface area contributed by atoms with Gasteiger partial charge in [-0.25, -0.2) is 0 Å². The van der Waals surface area contributed by atoms with Crippen molar-refractivity contribution >= 4 is 0 Å². The normalized spacial score (nSPS) is 16.4. The minimum absolute atomic E-state index is 0.461. The fourth-order valence-electron chi connectivity index (χ4n) is 1.62. The molecule has 2 rings (SSSR count). The molecule has 1 aromatic rings. The standard InChI is InChI=1S/C12H17NO/c13-8-7-10-3-1-6-12(9-10)14-11-4-2-5-11/h1,3,6,9,11H,2,4-5,7-8,13H2. The van der Waals surface area contributed by atoms with Crippen LogP contribution in [0.3, 0.4) is 0 Å². The Hall–Kier alpha value is -1.02. The van der Waals surface area contributed by atoms with Gasteiger partial charge in [-0.15, -0.1) is 0 Å². The summed E-state index contributed by atoms with van der Waals surface area (Å²) < 4.78 is 5.80. The van der Waals surface area contributed by atoms with Crippen LogP contribution in [0.15, 0.2) is 24.3 Å². The first-order valence-corrected chi connectivity index (χ1v) is 5.34. The van der Waals surface area contributed by atoms with Gasteiger partial charge in [0, 0.05) is 0 Å². The minimum atomic E-state index is 0.461. The maximum absolute atomic E-state index is 5.80. The van der Waals surface area contributed by atoms with Crippen molar-refractivity contribution in [1.29, 1.82) is 0 Å². The van der Waals surface area contributed by atoms with Crippen LogP contribution < -0.4 is 10.5 Å². The minimum Gasteiger partial charge on any atom is -0.490 e. The molecular formula is C12H17NO. The first kappa shape index (κ1) is 9.53. The van der Waals surface area contributed by atoms with Crippen LogP contribution in [0.1, 0.15) is 24.8 Å². The van der Waals surface area contributed by atoms with E-state index >= 15 is 0 Å². The van der Waals surface area contributed by atoms with Gasteiger partial charge in [0.25, 0.3) is 0 Å². The van der Waals surface area contributed by atoms with Gasteiger partial charge in [-0.3, -0.25) is 0 Å². The molecule has 1 saturated carbocycles. The highest BCUT2D eigenvalue weighted by atomic mass is 16.5. The lowest BCUT2D eigenvalue weighted by Crippen LogP contribution is -2.24. The first-order chi connectivity index (χ1) is 6.88. The molecule has 0 saturated heterocycles. The Morgan fingerprint density at radius 3 is 2.86 bits per heavy atom. The van der Waals surface area contributed by atoms with Crippen LogP contribution in [0.2, 0.25) is 0 Å². The average Bonchev–Trinajstić information content (AvgIpc) is 2.13. The van der Waals surface area contributed by atoms with Crippen molar-refractivity contribution in [2.24, 2.45) is 5.73 Å². The highest BCUT2D eigenvalue weighted by molar-refractivity contribution is 5.29. The molecule has 0 atom stereocenters. The molecule has 0 aromatic heterocycles. The zero-order valence-electron chi connectivity index (χ0n) is 8.41. The lowest BCUT2D eigenvalue weighted by Gasteiger charge is -2.26. The molecule has 1 aromatic carbocycles. The molecule has 0 aliphatic heterocycles. The quantitative estimate of drug-likeness (QED) is 0.791. The summed E-state index contributed by atoms with van der Waals surface area (Å²) in [7, 11) is 0. The van der Waals surface area contributed by atoms with Gasteiger partial charge in [0.05, 0.1) is 6.10 Å². The van der Waals surface area contributed by atoms with E-state index in [1.807, 2.05) is 12.1 Å². The summed E-state index contributed by atoms with van der Waals surface area (Å²) in [5, 5.41) is 0. The van der Waals surface area contributed by atoms with Crippen molar-refractivity contribution in [2.75, 3.05) is 6.54 Å². The maximum atomic E-state index is 5.80. The Morgan fingerprint density at radius 1 is 1.36 bits per heavy atom. The monoisotopic (exact) mass is 191 g/mol. The van der Waals surface area contributed by atoms with Gasteiger partial charge >= 0.3 is 0 Å². The summed E-state index contributed by atoms with van der Waals surface area (Å²) in [4.78, 5) is 0. The van der Waals surface area contributed by atoms with Gasteiger partial charge in [0.1, 0.15) is 5.75 Å². The predicted molar refractivity (Wildman–Crippen MR) is 57.5 cm³/mol. The topological polar surface area (TPSA) is 35.2 Å². The lowest BCUT2D eigenvalue weighted by atomic mass is 9.96. The summed E-state index contributed by atoms with van der Waals surface area (Å²) in [5.74, 6) is 1.00. The molecule has 0 heterocycles. The Bertz CT molecular complexity index is 294. The Kier molecular flexibility index (Phi) is 3.04. The fraction of sp³-hybridized carbons (Fsp3) is 0.500. The summed E-state index contributed by atoms with van der Waals surface area (Å²) in [6.07, 6.45) is 5.13. The number of hydrogen-bond acceptors (Lipinski definition) is 2. The molecule has 1 aliphatic rings. The molecule has 2 heteroatoms. The summed E-state index contributed by atoms with van der Waals surface area (Å²) >= 11 is 0. The van der Waals surface area contributed by atoms with Crippen molar-refractivity contribution < 1.29 is 4.74 Å². The second-order valence-corrected chi connectivity index (χ2v) is 3.86. The van der Waals surface area contributed by atoms with Crippen molar-refractivity contribution in [3.05, 3.63) is 29.8 Å². The van der Waals surface area contributed by atoms with E-state index in [0.717, 1.165) is 12.2 Å². The summed E-state index contributed by atoms with van der Waals surface area (Å²) in [5.41, 5.74) is 6.78. The Labute approximate surface area is 85.1 Å². The molecular weight excluding hydrogens is 174 g/mol. The van der Waals surface area contributed by atoms with E-state index in [1.165, 1.54) is 24.8 Å². The van der Waals surface area contributed by atoms with E-state index in [4.69, 9.17) is 10.5 Å². The molecule has 1 aliphatic carbocycles. The third-order valence-corrected chi connectivity index (χ3v) is 2.69. The predicted octanol–water partition coefficient (Wildman–Crippen LogP) is 2.12. The summed E-state index contributed by atoms with van der Waals surface area (Å²) in [6, 6.07) is 8.27. The highest BCUT2D eigenvalue weighted by Gasteiger charge is 2.18. The molecule has 0 bridgehead atoms. The van der Waals surface area contributed by atoms with Crippen LogP contribution >= 0.6 is 0 Å². The smallest absolute Gasteiger partial charge is 0.119 e. The van der Waals surface area contributed by atoms with Crippen LogP contribution in [-0.4, -0.2) is 12.6 Å². The molecule has 0 unspecified atom stereocenters. The van der Waals surface area contributed by atoms with Crippen LogP contribution in [0, 0.1) is 0 Å². The maximum Gasteiger partial charge on any atom is 0.119 e. The van der Waals surface area contributed by atoms with Crippen LogP contribution in [0.5, 0.6) is 5.75 Å². The number of rotatable bonds is 4. The average molecular weight is 191 g/mol. The second kappa shape index (κ2) is 4.47. The Balaban J connectivity index is 1.97. The van der Waals surface area contributed by atoms with Gasteiger partial charge in [-0.05, 0) is 49.9 Å². The Morgan fingerprint density at radius 2 is 2.21 bits per heavy atom. The molecule has 2 nitrogen and oxygen atoms in total. The van der Waals surface area contributed by atoms with E-state index in [1.54, 1.807) is 0 Å². The molecule has 2 N–H and O–H groups in total. The van der Waals surface area contributed by atoms with E-state index in [0.29, 0.717) is 12.6 Å². The third-order valence-electron chi connectivity index (χ3n) is 2.69. The van der Waals surface area contributed by atoms with Crippen molar-refractivity contribution in [1.82, 2.24) is 0 Å².